The Bertz CT molecular complexity index is 881. The molecule has 1 aliphatic rings. The van der Waals surface area contributed by atoms with Crippen LogP contribution in [0.1, 0.15) is 35.8 Å². The average Bonchev–Trinajstić information content (AvgIpc) is 2.70. The van der Waals surface area contributed by atoms with Crippen LogP contribution in [0.15, 0.2) is 30.3 Å². The smallest absolute Gasteiger partial charge is 0.251 e. The number of carbonyl (C=O) groups excluding carboxylic acids is 2. The molecule has 7 nitrogen and oxygen atoms in total. The van der Waals surface area contributed by atoms with E-state index >= 15 is 0 Å². The lowest BCUT2D eigenvalue weighted by atomic mass is 10.0. The quantitative estimate of drug-likeness (QED) is 0.858. The number of likely N-dealkylation sites (tertiary alicyclic amines) is 1. The molecule has 1 saturated heterocycles. The number of rotatable bonds is 5. The zero-order valence-electron chi connectivity index (χ0n) is 16.9. The molecule has 0 radical (unpaired) electrons. The van der Waals surface area contributed by atoms with Gasteiger partial charge in [0.25, 0.3) is 5.91 Å². The highest BCUT2D eigenvalue weighted by Gasteiger charge is 2.24. The van der Waals surface area contributed by atoms with Crippen molar-refractivity contribution in [1.29, 1.82) is 0 Å². The number of hydrogen-bond donors (Lipinski definition) is 1. The number of benzene rings is 1. The van der Waals surface area contributed by atoms with Crippen molar-refractivity contribution in [3.63, 3.8) is 0 Å². The molecular formula is C21H27N5O2. The zero-order chi connectivity index (χ0) is 20.3. The molecule has 1 aliphatic heterocycles. The molecule has 1 atom stereocenters. The van der Waals surface area contributed by atoms with Crippen LogP contribution in [0.2, 0.25) is 0 Å². The maximum atomic E-state index is 12.7. The summed E-state index contributed by atoms with van der Waals surface area (Å²) in [4.78, 5) is 37.0. The summed E-state index contributed by atoms with van der Waals surface area (Å²) in [6, 6.07) is 9.41. The van der Waals surface area contributed by atoms with E-state index in [4.69, 9.17) is 0 Å². The molecule has 0 aliphatic carbocycles. The van der Waals surface area contributed by atoms with E-state index in [1.807, 2.05) is 43.3 Å². The number of nitrogens with one attached hydrogen (secondary N) is 1. The normalized spacial score (nSPS) is 16.8. The number of likely N-dealkylation sites (N-methyl/N-ethyl adjacent to an activating group) is 1. The van der Waals surface area contributed by atoms with Crippen LogP contribution >= 0.6 is 0 Å². The van der Waals surface area contributed by atoms with Crippen LogP contribution in [-0.4, -0.2) is 60.4 Å². The highest BCUT2D eigenvalue weighted by molar-refractivity contribution is 5.95. The second-order valence-corrected chi connectivity index (χ2v) is 7.36. The summed E-state index contributed by atoms with van der Waals surface area (Å²) >= 11 is 0. The van der Waals surface area contributed by atoms with Crippen LogP contribution in [0, 0.1) is 0 Å². The van der Waals surface area contributed by atoms with Gasteiger partial charge in [-0.3, -0.25) is 9.59 Å². The summed E-state index contributed by atoms with van der Waals surface area (Å²) < 4.78 is 0. The summed E-state index contributed by atoms with van der Waals surface area (Å²) in [5.41, 5.74) is 3.22. The second-order valence-electron chi connectivity index (χ2n) is 7.36. The average molecular weight is 381 g/mol. The first-order chi connectivity index (χ1) is 13.4. The monoisotopic (exact) mass is 381 g/mol. The fourth-order valence-corrected chi connectivity index (χ4v) is 3.23. The van der Waals surface area contributed by atoms with Crippen molar-refractivity contribution in [2.75, 3.05) is 32.6 Å². The molecule has 0 bridgehead atoms. The van der Waals surface area contributed by atoms with E-state index in [0.29, 0.717) is 30.9 Å². The van der Waals surface area contributed by atoms with Crippen LogP contribution in [-0.2, 0) is 11.2 Å². The fraction of sp³-hybridized carbons (Fsp3) is 0.429. The fourth-order valence-electron chi connectivity index (χ4n) is 3.23. The van der Waals surface area contributed by atoms with Crippen LogP contribution in [0.25, 0.3) is 11.3 Å². The minimum Gasteiger partial charge on any atom is -0.348 e. The Morgan fingerprint density at radius 3 is 2.75 bits per heavy atom. The third-order valence-electron chi connectivity index (χ3n) is 4.91. The van der Waals surface area contributed by atoms with E-state index in [9.17, 15) is 9.59 Å². The SMILES string of the molecule is CCc1cc(-c2cccc(C(=O)NC3CCC(=O)N(C)C3)c2)nc(N(C)C)n1. The number of aromatic nitrogens is 2. The number of anilines is 1. The highest BCUT2D eigenvalue weighted by Crippen LogP contribution is 2.22. The van der Waals surface area contributed by atoms with Crippen molar-refractivity contribution in [1.82, 2.24) is 20.2 Å². The first-order valence-electron chi connectivity index (χ1n) is 9.58. The molecular weight excluding hydrogens is 354 g/mol. The van der Waals surface area contributed by atoms with Gasteiger partial charge in [-0.25, -0.2) is 9.97 Å². The molecule has 2 amide bonds. The number of carbonyl (C=O) groups is 2. The lowest BCUT2D eigenvalue weighted by Gasteiger charge is -2.30. The Morgan fingerprint density at radius 1 is 1.29 bits per heavy atom. The third kappa shape index (κ3) is 4.47. The number of amides is 2. The van der Waals surface area contributed by atoms with Crippen molar-refractivity contribution in [2.24, 2.45) is 0 Å². The summed E-state index contributed by atoms with van der Waals surface area (Å²) in [7, 11) is 5.59. The number of aryl methyl sites for hydroxylation is 1. The highest BCUT2D eigenvalue weighted by atomic mass is 16.2. The van der Waals surface area contributed by atoms with Crippen molar-refractivity contribution in [3.8, 4) is 11.3 Å². The molecule has 148 valence electrons. The van der Waals surface area contributed by atoms with Crippen LogP contribution < -0.4 is 10.2 Å². The molecule has 3 rings (SSSR count). The summed E-state index contributed by atoms with van der Waals surface area (Å²) in [5.74, 6) is 0.644. The Labute approximate surface area is 165 Å². The van der Waals surface area contributed by atoms with Crippen molar-refractivity contribution in [2.45, 2.75) is 32.2 Å². The van der Waals surface area contributed by atoms with Gasteiger partial charge >= 0.3 is 0 Å². The van der Waals surface area contributed by atoms with E-state index in [-0.39, 0.29) is 17.9 Å². The third-order valence-corrected chi connectivity index (χ3v) is 4.91. The van der Waals surface area contributed by atoms with Crippen molar-refractivity contribution in [3.05, 3.63) is 41.6 Å². The van der Waals surface area contributed by atoms with E-state index < -0.39 is 0 Å². The molecule has 2 heterocycles. The molecule has 28 heavy (non-hydrogen) atoms. The first kappa shape index (κ1) is 19.8. The second kappa shape index (κ2) is 8.37. The van der Waals surface area contributed by atoms with Crippen molar-refractivity contribution >= 4 is 17.8 Å². The molecule has 2 aromatic rings. The van der Waals surface area contributed by atoms with E-state index in [1.165, 1.54) is 0 Å². The predicted octanol–water partition coefficient (Wildman–Crippen LogP) is 2.12. The largest absolute Gasteiger partial charge is 0.348 e. The lowest BCUT2D eigenvalue weighted by molar-refractivity contribution is -0.132. The lowest BCUT2D eigenvalue weighted by Crippen LogP contribution is -2.48. The van der Waals surface area contributed by atoms with Gasteiger partial charge < -0.3 is 15.1 Å². The zero-order valence-corrected chi connectivity index (χ0v) is 16.9. The predicted molar refractivity (Wildman–Crippen MR) is 109 cm³/mol. The summed E-state index contributed by atoms with van der Waals surface area (Å²) in [5, 5.41) is 3.04. The topological polar surface area (TPSA) is 78.4 Å². The molecule has 1 aromatic heterocycles. The maximum Gasteiger partial charge on any atom is 0.251 e. The molecule has 0 saturated carbocycles. The van der Waals surface area contributed by atoms with Gasteiger partial charge in [0.2, 0.25) is 11.9 Å². The molecule has 1 N–H and O–H groups in total. The summed E-state index contributed by atoms with van der Waals surface area (Å²) in [6.45, 7) is 2.60. The molecule has 0 spiro atoms. The van der Waals surface area contributed by atoms with E-state index in [1.54, 1.807) is 18.0 Å². The van der Waals surface area contributed by atoms with Crippen LogP contribution in [0.5, 0.6) is 0 Å². The standard InChI is InChI=1S/C21H27N5O2/c1-5-16-12-18(24-21(23-16)25(2)3)14-7-6-8-15(11-14)20(28)22-17-9-10-19(27)26(4)13-17/h6-8,11-12,17H,5,9-10,13H2,1-4H3,(H,22,28). The number of nitrogens with zero attached hydrogens (tertiary/aromatic N) is 4. The van der Waals surface area contributed by atoms with E-state index in [0.717, 1.165) is 23.4 Å². The minimum absolute atomic E-state index is 0.0232. The molecule has 1 fully saturated rings. The Kier molecular flexibility index (Phi) is 5.92. The Hall–Kier alpha value is -2.96. The number of hydrogen-bond acceptors (Lipinski definition) is 5. The molecule has 1 unspecified atom stereocenters. The van der Waals surface area contributed by atoms with Gasteiger partial charge in [0.15, 0.2) is 0 Å². The Morgan fingerprint density at radius 2 is 2.07 bits per heavy atom. The van der Waals surface area contributed by atoms with Crippen LogP contribution in [0.4, 0.5) is 5.95 Å². The first-order valence-corrected chi connectivity index (χ1v) is 9.58. The Balaban J connectivity index is 1.81. The molecule has 7 heteroatoms. The molecule has 1 aromatic carbocycles. The van der Waals surface area contributed by atoms with Gasteiger partial charge in [-0.05, 0) is 31.0 Å². The van der Waals surface area contributed by atoms with Gasteiger partial charge in [-0.1, -0.05) is 19.1 Å². The summed E-state index contributed by atoms with van der Waals surface area (Å²) in [6.07, 6.45) is 1.95. The van der Waals surface area contributed by atoms with Gasteiger partial charge in [0, 0.05) is 57.0 Å². The number of piperidine rings is 1. The van der Waals surface area contributed by atoms with Gasteiger partial charge in [0.1, 0.15) is 0 Å². The van der Waals surface area contributed by atoms with Crippen LogP contribution in [0.3, 0.4) is 0 Å². The van der Waals surface area contributed by atoms with Gasteiger partial charge in [-0.15, -0.1) is 0 Å². The van der Waals surface area contributed by atoms with Gasteiger partial charge in [-0.2, -0.15) is 0 Å². The van der Waals surface area contributed by atoms with Gasteiger partial charge in [0.05, 0.1) is 5.69 Å². The van der Waals surface area contributed by atoms with E-state index in [2.05, 4.69) is 22.2 Å². The van der Waals surface area contributed by atoms with Crippen molar-refractivity contribution < 1.29 is 9.59 Å². The maximum absolute atomic E-state index is 12.7. The minimum atomic E-state index is -0.132.